The van der Waals surface area contributed by atoms with Gasteiger partial charge in [0.05, 0.1) is 29.0 Å². The average Bonchev–Trinajstić information content (AvgIpc) is 3.44. The molecule has 0 spiro atoms. The number of likely N-dealkylation sites (tertiary alicyclic amines) is 1. The van der Waals surface area contributed by atoms with E-state index in [-0.39, 0.29) is 30.0 Å². The minimum Gasteiger partial charge on any atom is -0.363 e. The van der Waals surface area contributed by atoms with Gasteiger partial charge in [-0.15, -0.1) is 0 Å². The van der Waals surface area contributed by atoms with Crippen LogP contribution in [0.5, 0.6) is 0 Å². The van der Waals surface area contributed by atoms with E-state index in [1.54, 1.807) is 21.8 Å². The van der Waals surface area contributed by atoms with Crippen LogP contribution in [0, 0.1) is 17.1 Å². The summed E-state index contributed by atoms with van der Waals surface area (Å²) in [7, 11) is 0. The van der Waals surface area contributed by atoms with E-state index in [2.05, 4.69) is 25.3 Å². The number of nitrogens with zero attached hydrogens (tertiary/aromatic N) is 9. The molecular weight excluding hydrogens is 523 g/mol. The first-order valence-electron chi connectivity index (χ1n) is 13.9. The van der Waals surface area contributed by atoms with E-state index in [0.29, 0.717) is 37.6 Å². The second-order valence-electron chi connectivity index (χ2n) is 10.4. The van der Waals surface area contributed by atoms with Crippen molar-refractivity contribution >= 4 is 23.1 Å². The van der Waals surface area contributed by atoms with Gasteiger partial charge in [-0.25, -0.2) is 14.5 Å². The van der Waals surface area contributed by atoms with Crippen LogP contribution < -0.4 is 10.2 Å². The number of anilines is 2. The fraction of sp³-hybridized carbons (Fsp3) is 0.379. The van der Waals surface area contributed by atoms with E-state index < -0.39 is 5.82 Å². The van der Waals surface area contributed by atoms with Gasteiger partial charge < -0.3 is 15.1 Å². The van der Waals surface area contributed by atoms with E-state index in [4.69, 9.17) is 10.2 Å². The molecule has 0 unspecified atom stereocenters. The number of amides is 1. The maximum atomic E-state index is 16.2. The molecule has 0 radical (unpaired) electrons. The first kappa shape index (κ1) is 26.6. The van der Waals surface area contributed by atoms with Crippen LogP contribution in [0.25, 0.3) is 16.9 Å². The Balaban J connectivity index is 1.28. The van der Waals surface area contributed by atoms with Crippen LogP contribution in [-0.4, -0.2) is 85.6 Å². The number of hydrogen-bond donors (Lipinski definition) is 1. The first-order chi connectivity index (χ1) is 20.1. The molecule has 2 aliphatic heterocycles. The number of piperidine rings is 1. The van der Waals surface area contributed by atoms with Crippen LogP contribution in [0.2, 0.25) is 0 Å². The van der Waals surface area contributed by atoms with Crippen LogP contribution in [0.1, 0.15) is 25.0 Å². The standard InChI is InChI=1S/C29H31FN10O/c30-26-28(34-22-7-5-12-39(20-22)25(41)9-10-31)35-27(23-18-33-40-13-4-2-8-24(23)40)36-29(26)38-16-14-37(15-17-38)19-21-6-1-3-11-32-21/h1-4,6,8,11,13,18,22H,5,7,9,12,14-17,19-20H2,(H,34,35,36)/t22-/m1/s1. The van der Waals surface area contributed by atoms with E-state index in [1.165, 1.54) is 0 Å². The summed E-state index contributed by atoms with van der Waals surface area (Å²) >= 11 is 0. The molecule has 12 heteroatoms. The molecule has 1 amide bonds. The zero-order valence-corrected chi connectivity index (χ0v) is 22.7. The van der Waals surface area contributed by atoms with Gasteiger partial charge in [0.2, 0.25) is 11.7 Å². The number of aromatic nitrogens is 5. The number of halogens is 1. The summed E-state index contributed by atoms with van der Waals surface area (Å²) in [6.45, 7) is 4.41. The number of hydrogen-bond acceptors (Lipinski definition) is 9. The van der Waals surface area contributed by atoms with Crippen LogP contribution >= 0.6 is 0 Å². The smallest absolute Gasteiger partial charge is 0.236 e. The predicted octanol–water partition coefficient (Wildman–Crippen LogP) is 2.96. The predicted molar refractivity (Wildman–Crippen MR) is 151 cm³/mol. The molecule has 2 saturated heterocycles. The lowest BCUT2D eigenvalue weighted by Gasteiger charge is -2.36. The number of rotatable bonds is 7. The minimum absolute atomic E-state index is 0.107. The molecule has 0 saturated carbocycles. The Hall–Kier alpha value is -4.63. The monoisotopic (exact) mass is 554 g/mol. The van der Waals surface area contributed by atoms with Crippen molar-refractivity contribution in [2.45, 2.75) is 31.8 Å². The van der Waals surface area contributed by atoms with Gasteiger partial charge in [0.15, 0.2) is 17.5 Å². The molecule has 4 aromatic heterocycles. The van der Waals surface area contributed by atoms with Gasteiger partial charge in [0.1, 0.15) is 6.42 Å². The third kappa shape index (κ3) is 5.81. The molecule has 4 aromatic rings. The van der Waals surface area contributed by atoms with Crippen molar-refractivity contribution in [2.75, 3.05) is 49.5 Å². The molecule has 6 rings (SSSR count). The Kier molecular flexibility index (Phi) is 7.69. The van der Waals surface area contributed by atoms with E-state index >= 15 is 4.39 Å². The number of carbonyl (C=O) groups excluding carboxylic acids is 1. The van der Waals surface area contributed by atoms with Crippen molar-refractivity contribution in [3.63, 3.8) is 0 Å². The third-order valence-electron chi connectivity index (χ3n) is 7.63. The van der Waals surface area contributed by atoms with Crippen LogP contribution in [0.3, 0.4) is 0 Å². The summed E-state index contributed by atoms with van der Waals surface area (Å²) in [6, 6.07) is 13.4. The third-order valence-corrected chi connectivity index (χ3v) is 7.63. The Morgan fingerprint density at radius 3 is 2.76 bits per heavy atom. The number of fused-ring (bicyclic) bond motifs is 1. The van der Waals surface area contributed by atoms with Crippen molar-refractivity contribution in [3.8, 4) is 17.5 Å². The maximum Gasteiger partial charge on any atom is 0.236 e. The molecule has 6 heterocycles. The highest BCUT2D eigenvalue weighted by atomic mass is 19.1. The van der Waals surface area contributed by atoms with Crippen LogP contribution in [0.4, 0.5) is 16.0 Å². The lowest BCUT2D eigenvalue weighted by molar-refractivity contribution is -0.131. The summed E-state index contributed by atoms with van der Waals surface area (Å²) in [5.74, 6) is 0.0193. The summed E-state index contributed by atoms with van der Waals surface area (Å²) in [6.07, 6.45) is 6.69. The molecule has 2 fully saturated rings. The largest absolute Gasteiger partial charge is 0.363 e. The molecule has 1 atom stereocenters. The van der Waals surface area contributed by atoms with Crippen molar-refractivity contribution in [1.29, 1.82) is 5.26 Å². The zero-order valence-electron chi connectivity index (χ0n) is 22.7. The summed E-state index contributed by atoms with van der Waals surface area (Å²) < 4.78 is 17.9. The number of piperazine rings is 1. The second kappa shape index (κ2) is 11.9. The topological polar surface area (TPSA) is 119 Å². The van der Waals surface area contributed by atoms with E-state index in [0.717, 1.165) is 43.7 Å². The molecule has 1 N–H and O–H groups in total. The lowest BCUT2D eigenvalue weighted by Crippen LogP contribution is -2.47. The normalized spacial score (nSPS) is 17.9. The molecule has 0 bridgehead atoms. The molecule has 0 aromatic carbocycles. The van der Waals surface area contributed by atoms with Gasteiger partial charge in [-0.05, 0) is 37.1 Å². The summed E-state index contributed by atoms with van der Waals surface area (Å²) in [4.78, 5) is 32.1. The van der Waals surface area contributed by atoms with E-state index in [1.807, 2.05) is 53.6 Å². The Morgan fingerprint density at radius 1 is 1.10 bits per heavy atom. The molecule has 0 aliphatic carbocycles. The van der Waals surface area contributed by atoms with Gasteiger partial charge in [-0.3, -0.25) is 14.7 Å². The highest BCUT2D eigenvalue weighted by molar-refractivity contribution is 5.79. The van der Waals surface area contributed by atoms with Crippen molar-refractivity contribution in [3.05, 3.63) is 66.5 Å². The number of nitrogens with one attached hydrogen (secondary N) is 1. The fourth-order valence-electron chi connectivity index (χ4n) is 5.50. The fourth-order valence-corrected chi connectivity index (χ4v) is 5.50. The van der Waals surface area contributed by atoms with Gasteiger partial charge in [0, 0.05) is 64.2 Å². The number of pyridine rings is 2. The maximum absolute atomic E-state index is 16.2. The highest BCUT2D eigenvalue weighted by Gasteiger charge is 2.28. The Morgan fingerprint density at radius 2 is 1.95 bits per heavy atom. The van der Waals surface area contributed by atoms with Gasteiger partial charge in [0.25, 0.3) is 0 Å². The Labute approximate surface area is 237 Å². The van der Waals surface area contributed by atoms with Gasteiger partial charge >= 0.3 is 0 Å². The minimum atomic E-state index is -0.510. The SMILES string of the molecule is N#CCC(=O)N1CCC[C@@H](Nc2nc(-c3cnn4ccccc34)nc(N3CCN(Cc4ccccn4)CC3)c2F)C1. The van der Waals surface area contributed by atoms with Gasteiger partial charge in [-0.1, -0.05) is 12.1 Å². The van der Waals surface area contributed by atoms with Gasteiger partial charge in [-0.2, -0.15) is 14.8 Å². The molecule has 41 heavy (non-hydrogen) atoms. The average molecular weight is 555 g/mol. The molecule has 11 nitrogen and oxygen atoms in total. The second-order valence-corrected chi connectivity index (χ2v) is 10.4. The number of nitriles is 1. The van der Waals surface area contributed by atoms with Crippen LogP contribution in [0.15, 0.2) is 55.0 Å². The van der Waals surface area contributed by atoms with Crippen molar-refractivity contribution in [1.82, 2.24) is 34.4 Å². The molecule has 2 aliphatic rings. The van der Waals surface area contributed by atoms with Crippen molar-refractivity contribution < 1.29 is 9.18 Å². The zero-order chi connectivity index (χ0) is 28.2. The summed E-state index contributed by atoms with van der Waals surface area (Å²) in [5.41, 5.74) is 2.53. The quantitative estimate of drug-likeness (QED) is 0.368. The summed E-state index contributed by atoms with van der Waals surface area (Å²) in [5, 5.41) is 16.6. The highest BCUT2D eigenvalue weighted by Crippen LogP contribution is 2.31. The van der Waals surface area contributed by atoms with Crippen LogP contribution in [-0.2, 0) is 11.3 Å². The molecular formula is C29H31FN10O. The van der Waals surface area contributed by atoms with Crippen molar-refractivity contribution in [2.24, 2.45) is 0 Å². The first-order valence-corrected chi connectivity index (χ1v) is 13.9. The Bertz CT molecular complexity index is 1560. The lowest BCUT2D eigenvalue weighted by atomic mass is 10.1. The number of carbonyl (C=O) groups is 1. The van der Waals surface area contributed by atoms with E-state index in [9.17, 15) is 4.79 Å². The molecule has 210 valence electrons.